The van der Waals surface area contributed by atoms with Gasteiger partial charge in [0.2, 0.25) is 11.8 Å². The first-order valence-corrected chi connectivity index (χ1v) is 7.27. The lowest BCUT2D eigenvalue weighted by molar-refractivity contribution is -0.134. The molecule has 4 nitrogen and oxygen atoms in total. The molecule has 2 amide bonds. The molecule has 18 heavy (non-hydrogen) atoms. The van der Waals surface area contributed by atoms with Gasteiger partial charge < -0.3 is 10.2 Å². The van der Waals surface area contributed by atoms with Gasteiger partial charge in [0.1, 0.15) is 0 Å². The minimum Gasteiger partial charge on any atom is -0.353 e. The topological polar surface area (TPSA) is 49.4 Å². The van der Waals surface area contributed by atoms with Crippen LogP contribution in [0.1, 0.15) is 33.1 Å². The Labute approximate surface area is 114 Å². The Kier molecular flexibility index (Phi) is 4.20. The van der Waals surface area contributed by atoms with Gasteiger partial charge >= 0.3 is 0 Å². The summed E-state index contributed by atoms with van der Waals surface area (Å²) in [6.07, 6.45) is 2.37. The van der Waals surface area contributed by atoms with Gasteiger partial charge in [-0.05, 0) is 24.7 Å². The number of carbonyl (C=O) groups excluding carboxylic acids is 2. The second kappa shape index (κ2) is 5.51. The Hall–Kier alpha value is -0.710. The molecule has 2 heterocycles. The van der Waals surface area contributed by atoms with Crippen LogP contribution in [-0.2, 0) is 9.59 Å². The number of hydrogen-bond donors (Lipinski definition) is 2. The zero-order valence-electron chi connectivity index (χ0n) is 11.1. The number of piperidine rings is 2. The van der Waals surface area contributed by atoms with Crippen LogP contribution in [0.4, 0.5) is 0 Å². The van der Waals surface area contributed by atoms with Crippen molar-refractivity contribution in [2.45, 2.75) is 44.4 Å². The van der Waals surface area contributed by atoms with Crippen LogP contribution >= 0.6 is 12.6 Å². The Morgan fingerprint density at radius 2 is 2.17 bits per heavy atom. The summed E-state index contributed by atoms with van der Waals surface area (Å²) < 4.78 is 0. The molecule has 1 N–H and O–H groups in total. The Morgan fingerprint density at radius 3 is 2.83 bits per heavy atom. The minimum atomic E-state index is -0.209. The fraction of sp³-hybridized carbons (Fsp3) is 0.846. The van der Waals surface area contributed by atoms with Gasteiger partial charge in [-0.3, -0.25) is 9.59 Å². The molecule has 3 atom stereocenters. The molecule has 102 valence electrons. The molecule has 0 aromatic heterocycles. The summed E-state index contributed by atoms with van der Waals surface area (Å²) in [4.78, 5) is 25.5. The summed E-state index contributed by atoms with van der Waals surface area (Å²) in [5.41, 5.74) is 0. The van der Waals surface area contributed by atoms with Crippen molar-refractivity contribution >= 4 is 24.4 Å². The predicted molar refractivity (Wildman–Crippen MR) is 73.5 cm³/mol. The third kappa shape index (κ3) is 2.82. The number of nitrogens with one attached hydrogen (secondary N) is 1. The lowest BCUT2D eigenvalue weighted by Gasteiger charge is -2.42. The fourth-order valence-corrected chi connectivity index (χ4v) is 2.95. The average molecular weight is 270 g/mol. The number of fused-ring (bicyclic) bond motifs is 1. The molecular formula is C13H22N2O2S. The van der Waals surface area contributed by atoms with E-state index in [2.05, 4.69) is 17.9 Å². The molecular weight excluding hydrogens is 248 g/mol. The maximum Gasteiger partial charge on any atom is 0.235 e. The highest BCUT2D eigenvalue weighted by molar-refractivity contribution is 7.81. The van der Waals surface area contributed by atoms with Crippen LogP contribution in [0.2, 0.25) is 0 Å². The highest BCUT2D eigenvalue weighted by Gasteiger charge is 2.36. The molecule has 3 unspecified atom stereocenters. The minimum absolute atomic E-state index is 0.142. The van der Waals surface area contributed by atoms with Gasteiger partial charge in [-0.15, -0.1) is 0 Å². The van der Waals surface area contributed by atoms with Crippen molar-refractivity contribution in [3.05, 3.63) is 0 Å². The number of carbonyl (C=O) groups is 2. The Balaban J connectivity index is 1.95. The smallest absolute Gasteiger partial charge is 0.235 e. The number of hydrogen-bond acceptors (Lipinski definition) is 3. The van der Waals surface area contributed by atoms with Crippen molar-refractivity contribution in [1.82, 2.24) is 10.2 Å². The van der Waals surface area contributed by atoms with E-state index in [4.69, 9.17) is 0 Å². The van der Waals surface area contributed by atoms with Crippen molar-refractivity contribution in [1.29, 1.82) is 0 Å². The van der Waals surface area contributed by atoms with E-state index in [0.717, 1.165) is 25.9 Å². The Bertz CT molecular complexity index is 346. The summed E-state index contributed by atoms with van der Waals surface area (Å²) in [6.45, 7) is 5.55. The predicted octanol–water partition coefficient (Wildman–Crippen LogP) is 1.07. The van der Waals surface area contributed by atoms with Crippen LogP contribution in [0.15, 0.2) is 0 Å². The van der Waals surface area contributed by atoms with E-state index in [1.807, 2.05) is 18.7 Å². The van der Waals surface area contributed by atoms with Crippen LogP contribution in [0.3, 0.4) is 0 Å². The van der Waals surface area contributed by atoms with Gasteiger partial charge in [0.25, 0.3) is 0 Å². The van der Waals surface area contributed by atoms with Crippen LogP contribution in [0, 0.1) is 11.8 Å². The molecule has 0 spiro atoms. The highest BCUT2D eigenvalue weighted by atomic mass is 32.1. The summed E-state index contributed by atoms with van der Waals surface area (Å²) >= 11 is 4.40. The summed E-state index contributed by atoms with van der Waals surface area (Å²) in [5, 5.41) is 2.83. The van der Waals surface area contributed by atoms with Crippen LogP contribution in [0.5, 0.6) is 0 Å². The molecule has 0 aliphatic carbocycles. The molecule has 0 aromatic rings. The van der Waals surface area contributed by atoms with E-state index in [-0.39, 0.29) is 29.0 Å². The van der Waals surface area contributed by atoms with Crippen molar-refractivity contribution in [2.24, 2.45) is 11.8 Å². The molecule has 2 rings (SSSR count). The number of thiol groups is 1. The van der Waals surface area contributed by atoms with Gasteiger partial charge in [0.05, 0.1) is 5.25 Å². The van der Waals surface area contributed by atoms with E-state index in [9.17, 15) is 9.59 Å². The first kappa shape index (κ1) is 13.7. The molecule has 2 aliphatic rings. The molecule has 0 radical (unpaired) electrons. The first-order valence-electron chi connectivity index (χ1n) is 6.75. The van der Waals surface area contributed by atoms with Gasteiger partial charge in [-0.25, -0.2) is 0 Å². The van der Waals surface area contributed by atoms with Gasteiger partial charge in [0, 0.05) is 25.6 Å². The van der Waals surface area contributed by atoms with Crippen molar-refractivity contribution in [3.63, 3.8) is 0 Å². The maximum atomic E-state index is 12.2. The summed E-state index contributed by atoms with van der Waals surface area (Å²) in [5.74, 6) is 0.978. The van der Waals surface area contributed by atoms with Crippen LogP contribution < -0.4 is 5.32 Å². The largest absolute Gasteiger partial charge is 0.353 e. The lowest BCUT2D eigenvalue weighted by Crippen LogP contribution is -2.56. The third-order valence-corrected chi connectivity index (χ3v) is 4.84. The Morgan fingerprint density at radius 1 is 1.44 bits per heavy atom. The second-order valence-corrected chi connectivity index (χ2v) is 6.29. The van der Waals surface area contributed by atoms with E-state index >= 15 is 0 Å². The van der Waals surface area contributed by atoms with Gasteiger partial charge in [-0.2, -0.15) is 12.6 Å². The number of rotatable bonds is 2. The molecule has 0 saturated carbocycles. The molecule has 0 aromatic carbocycles. The van der Waals surface area contributed by atoms with E-state index in [1.54, 1.807) is 0 Å². The van der Waals surface area contributed by atoms with Crippen molar-refractivity contribution in [3.8, 4) is 0 Å². The number of likely N-dealkylation sites (tertiary alicyclic amines) is 1. The monoisotopic (exact) mass is 270 g/mol. The quantitative estimate of drug-likeness (QED) is 0.737. The summed E-state index contributed by atoms with van der Waals surface area (Å²) in [7, 11) is 0. The zero-order valence-corrected chi connectivity index (χ0v) is 12.0. The zero-order chi connectivity index (χ0) is 13.3. The highest BCUT2D eigenvalue weighted by Crippen LogP contribution is 2.26. The molecule has 5 heteroatoms. The van der Waals surface area contributed by atoms with E-state index in [0.29, 0.717) is 12.3 Å². The molecule has 2 saturated heterocycles. The number of amides is 2. The SMILES string of the molecule is CC(C)C(S)C(=O)N1CCC2NC(=O)CCC2C1. The maximum absolute atomic E-state index is 12.2. The fourth-order valence-electron chi connectivity index (χ4n) is 2.78. The van der Waals surface area contributed by atoms with Crippen LogP contribution in [-0.4, -0.2) is 41.1 Å². The second-order valence-electron chi connectivity index (χ2n) is 5.73. The molecule has 2 fully saturated rings. The lowest BCUT2D eigenvalue weighted by atomic mass is 9.85. The van der Waals surface area contributed by atoms with Crippen LogP contribution in [0.25, 0.3) is 0 Å². The number of nitrogens with zero attached hydrogens (tertiary/aromatic N) is 1. The van der Waals surface area contributed by atoms with Gasteiger partial charge in [-0.1, -0.05) is 13.8 Å². The normalized spacial score (nSPS) is 29.8. The van der Waals surface area contributed by atoms with Gasteiger partial charge in [0.15, 0.2) is 0 Å². The van der Waals surface area contributed by atoms with E-state index in [1.165, 1.54) is 0 Å². The standard InChI is InChI=1S/C13H22N2O2S/c1-8(2)12(18)13(17)15-6-5-10-9(7-15)3-4-11(16)14-10/h8-10,12,18H,3-7H2,1-2H3,(H,14,16). The molecule has 0 bridgehead atoms. The van der Waals surface area contributed by atoms with E-state index < -0.39 is 0 Å². The average Bonchev–Trinajstić information content (AvgIpc) is 2.36. The third-order valence-electron chi connectivity index (χ3n) is 4.02. The van der Waals surface area contributed by atoms with Crippen molar-refractivity contribution < 1.29 is 9.59 Å². The molecule has 2 aliphatic heterocycles. The first-order chi connectivity index (χ1) is 8.49. The summed E-state index contributed by atoms with van der Waals surface area (Å²) in [6, 6.07) is 0.271. The van der Waals surface area contributed by atoms with Crippen molar-refractivity contribution in [2.75, 3.05) is 13.1 Å².